The zero-order valence-electron chi connectivity index (χ0n) is 9.76. The lowest BCUT2D eigenvalue weighted by Crippen LogP contribution is -1.99. The van der Waals surface area contributed by atoms with Crippen molar-refractivity contribution in [2.24, 2.45) is 0 Å². The monoisotopic (exact) mass is 221 g/mol. The van der Waals surface area contributed by atoms with Crippen LogP contribution in [0.2, 0.25) is 0 Å². The standard InChI is InChI=1S/C13H16FNO/c1-7(6-16)10-4-11-8(2)9(3)15-13(11)12(14)5-10/h4-5,7,15-16H,6H2,1-3H3. The van der Waals surface area contributed by atoms with Crippen molar-refractivity contribution in [2.75, 3.05) is 6.61 Å². The van der Waals surface area contributed by atoms with Gasteiger partial charge in [0.2, 0.25) is 0 Å². The van der Waals surface area contributed by atoms with E-state index in [9.17, 15) is 4.39 Å². The van der Waals surface area contributed by atoms with E-state index in [2.05, 4.69) is 4.98 Å². The second-order valence-electron chi connectivity index (χ2n) is 4.38. The number of halogens is 1. The van der Waals surface area contributed by atoms with Crippen LogP contribution in [-0.2, 0) is 0 Å². The van der Waals surface area contributed by atoms with Crippen LogP contribution < -0.4 is 0 Å². The van der Waals surface area contributed by atoms with Gasteiger partial charge in [-0.05, 0) is 37.1 Å². The summed E-state index contributed by atoms with van der Waals surface area (Å²) >= 11 is 0. The number of H-pyrrole nitrogens is 1. The van der Waals surface area contributed by atoms with Crippen LogP contribution in [0.15, 0.2) is 12.1 Å². The fraction of sp³-hybridized carbons (Fsp3) is 0.385. The maximum atomic E-state index is 13.8. The van der Waals surface area contributed by atoms with E-state index in [1.54, 1.807) is 0 Å². The number of rotatable bonds is 2. The molecule has 3 heteroatoms. The highest BCUT2D eigenvalue weighted by atomic mass is 19.1. The minimum absolute atomic E-state index is 0.0338. The number of nitrogens with one attached hydrogen (secondary N) is 1. The molecule has 0 fully saturated rings. The zero-order chi connectivity index (χ0) is 11.9. The fourth-order valence-electron chi connectivity index (χ4n) is 1.92. The average Bonchev–Trinajstić information content (AvgIpc) is 2.56. The van der Waals surface area contributed by atoms with Crippen LogP contribution in [0.4, 0.5) is 4.39 Å². The molecule has 2 rings (SSSR count). The van der Waals surface area contributed by atoms with Gasteiger partial charge in [0.15, 0.2) is 0 Å². The third-order valence-corrected chi connectivity index (χ3v) is 3.23. The Morgan fingerprint density at radius 3 is 2.69 bits per heavy atom. The summed E-state index contributed by atoms with van der Waals surface area (Å²) in [4.78, 5) is 3.04. The predicted molar refractivity (Wildman–Crippen MR) is 63.2 cm³/mol. The molecule has 0 aliphatic rings. The zero-order valence-corrected chi connectivity index (χ0v) is 9.76. The summed E-state index contributed by atoms with van der Waals surface area (Å²) in [5, 5.41) is 10.0. The number of benzene rings is 1. The Balaban J connectivity index is 2.70. The lowest BCUT2D eigenvalue weighted by molar-refractivity contribution is 0.273. The van der Waals surface area contributed by atoms with Crippen LogP contribution in [0.3, 0.4) is 0 Å². The van der Waals surface area contributed by atoms with Gasteiger partial charge < -0.3 is 10.1 Å². The molecule has 1 aromatic carbocycles. The summed E-state index contributed by atoms with van der Waals surface area (Å²) < 4.78 is 13.8. The molecule has 2 aromatic rings. The summed E-state index contributed by atoms with van der Waals surface area (Å²) in [7, 11) is 0. The highest BCUT2D eigenvalue weighted by Gasteiger charge is 2.13. The first kappa shape index (κ1) is 11.1. The van der Waals surface area contributed by atoms with Crippen LogP contribution in [0.25, 0.3) is 10.9 Å². The maximum Gasteiger partial charge on any atom is 0.147 e. The molecule has 1 atom stereocenters. The van der Waals surface area contributed by atoms with Crippen LogP contribution in [0, 0.1) is 19.7 Å². The Hall–Kier alpha value is -1.35. The largest absolute Gasteiger partial charge is 0.396 e. The summed E-state index contributed by atoms with van der Waals surface area (Å²) in [5.74, 6) is -0.280. The Labute approximate surface area is 94.1 Å². The number of hydrogen-bond acceptors (Lipinski definition) is 1. The summed E-state index contributed by atoms with van der Waals surface area (Å²) in [6.07, 6.45) is 0. The molecule has 0 radical (unpaired) electrons. The van der Waals surface area contributed by atoms with E-state index in [4.69, 9.17) is 5.11 Å². The molecule has 0 saturated carbocycles. The van der Waals surface area contributed by atoms with Crippen LogP contribution >= 0.6 is 0 Å². The van der Waals surface area contributed by atoms with E-state index in [0.29, 0.717) is 5.52 Å². The van der Waals surface area contributed by atoms with Crippen molar-refractivity contribution in [3.8, 4) is 0 Å². The molecule has 86 valence electrons. The van der Waals surface area contributed by atoms with E-state index < -0.39 is 0 Å². The summed E-state index contributed by atoms with van der Waals surface area (Å²) in [5.41, 5.74) is 3.46. The number of aromatic nitrogens is 1. The lowest BCUT2D eigenvalue weighted by Gasteiger charge is -2.09. The molecule has 0 saturated heterocycles. The van der Waals surface area contributed by atoms with E-state index in [1.165, 1.54) is 6.07 Å². The molecule has 16 heavy (non-hydrogen) atoms. The number of aromatic amines is 1. The van der Waals surface area contributed by atoms with Gasteiger partial charge in [-0.2, -0.15) is 0 Å². The van der Waals surface area contributed by atoms with E-state index in [1.807, 2.05) is 26.8 Å². The number of fused-ring (bicyclic) bond motifs is 1. The van der Waals surface area contributed by atoms with Crippen molar-refractivity contribution in [2.45, 2.75) is 26.7 Å². The Bertz CT molecular complexity index is 530. The molecule has 1 heterocycles. The number of aliphatic hydroxyl groups excluding tert-OH is 1. The maximum absolute atomic E-state index is 13.8. The molecule has 0 bridgehead atoms. The first-order valence-electron chi connectivity index (χ1n) is 5.43. The summed E-state index contributed by atoms with van der Waals surface area (Å²) in [6, 6.07) is 3.46. The lowest BCUT2D eigenvalue weighted by atomic mass is 9.99. The molecule has 1 unspecified atom stereocenters. The molecule has 2 nitrogen and oxygen atoms in total. The molecule has 0 spiro atoms. The second kappa shape index (κ2) is 3.91. The normalized spacial score (nSPS) is 13.3. The average molecular weight is 221 g/mol. The van der Waals surface area contributed by atoms with Crippen LogP contribution in [-0.4, -0.2) is 16.7 Å². The SMILES string of the molecule is Cc1[nH]c2c(F)cc(C(C)CO)cc2c1C. The van der Waals surface area contributed by atoms with Crippen molar-refractivity contribution in [3.63, 3.8) is 0 Å². The molecule has 0 amide bonds. The first-order chi connectivity index (χ1) is 7.54. The molecule has 2 N–H and O–H groups in total. The Morgan fingerprint density at radius 2 is 2.06 bits per heavy atom. The van der Waals surface area contributed by atoms with Crippen molar-refractivity contribution in [1.29, 1.82) is 0 Å². The molecule has 0 aliphatic heterocycles. The van der Waals surface area contributed by atoms with Gasteiger partial charge in [0, 0.05) is 23.6 Å². The highest BCUT2D eigenvalue weighted by molar-refractivity contribution is 5.85. The predicted octanol–water partition coefficient (Wildman–Crippen LogP) is 3.02. The smallest absolute Gasteiger partial charge is 0.147 e. The molecule has 0 aliphatic carbocycles. The van der Waals surface area contributed by atoms with Crippen molar-refractivity contribution in [1.82, 2.24) is 4.98 Å². The van der Waals surface area contributed by atoms with Gasteiger partial charge in [-0.25, -0.2) is 4.39 Å². The van der Waals surface area contributed by atoms with Crippen LogP contribution in [0.5, 0.6) is 0 Å². The van der Waals surface area contributed by atoms with Gasteiger partial charge in [-0.1, -0.05) is 6.92 Å². The Kier molecular flexibility index (Phi) is 2.72. The first-order valence-corrected chi connectivity index (χ1v) is 5.43. The molecular formula is C13H16FNO. The van der Waals surface area contributed by atoms with Gasteiger partial charge in [0.1, 0.15) is 5.82 Å². The minimum atomic E-state index is -0.246. The van der Waals surface area contributed by atoms with E-state index in [-0.39, 0.29) is 18.3 Å². The van der Waals surface area contributed by atoms with Gasteiger partial charge >= 0.3 is 0 Å². The fourth-order valence-corrected chi connectivity index (χ4v) is 1.92. The third kappa shape index (κ3) is 1.61. The highest BCUT2D eigenvalue weighted by Crippen LogP contribution is 2.28. The van der Waals surface area contributed by atoms with Gasteiger partial charge in [-0.3, -0.25) is 0 Å². The van der Waals surface area contributed by atoms with Gasteiger partial charge in [0.25, 0.3) is 0 Å². The summed E-state index contributed by atoms with van der Waals surface area (Å²) in [6.45, 7) is 5.83. The van der Waals surface area contributed by atoms with Gasteiger partial charge in [-0.15, -0.1) is 0 Å². The van der Waals surface area contributed by atoms with Crippen LogP contribution in [0.1, 0.15) is 29.7 Å². The van der Waals surface area contributed by atoms with Gasteiger partial charge in [0.05, 0.1) is 5.52 Å². The van der Waals surface area contributed by atoms with E-state index >= 15 is 0 Å². The van der Waals surface area contributed by atoms with E-state index in [0.717, 1.165) is 22.2 Å². The van der Waals surface area contributed by atoms with Crippen molar-refractivity contribution >= 4 is 10.9 Å². The number of aryl methyl sites for hydroxylation is 2. The van der Waals surface area contributed by atoms with Crippen molar-refractivity contribution in [3.05, 3.63) is 34.8 Å². The minimum Gasteiger partial charge on any atom is -0.396 e. The number of aliphatic hydroxyl groups is 1. The topological polar surface area (TPSA) is 36.0 Å². The third-order valence-electron chi connectivity index (χ3n) is 3.23. The number of hydrogen-bond donors (Lipinski definition) is 2. The molecule has 1 aromatic heterocycles. The molecular weight excluding hydrogens is 205 g/mol. The Morgan fingerprint density at radius 1 is 1.38 bits per heavy atom. The second-order valence-corrected chi connectivity index (χ2v) is 4.38. The van der Waals surface area contributed by atoms with Crippen molar-refractivity contribution < 1.29 is 9.50 Å². The quantitative estimate of drug-likeness (QED) is 0.803.